The summed E-state index contributed by atoms with van der Waals surface area (Å²) in [4.78, 5) is 10.1. The van der Waals surface area contributed by atoms with Gasteiger partial charge in [-0.25, -0.2) is 18.2 Å². The molecule has 150 valence electrons. The highest BCUT2D eigenvalue weighted by molar-refractivity contribution is 7.89. The lowest BCUT2D eigenvalue weighted by molar-refractivity contribution is -0.384. The van der Waals surface area contributed by atoms with Gasteiger partial charge in [-0.1, -0.05) is 29.8 Å². The minimum absolute atomic E-state index is 0.0112. The van der Waals surface area contributed by atoms with Crippen LogP contribution in [0.3, 0.4) is 0 Å². The number of hydrazone groups is 1. The van der Waals surface area contributed by atoms with Crippen molar-refractivity contribution >= 4 is 39.2 Å². The number of hydrogen-bond donors (Lipinski definition) is 2. The first-order valence-electron chi connectivity index (χ1n) is 8.09. The number of anilines is 1. The molecule has 0 spiro atoms. The topological polar surface area (TPSA) is 146 Å². The Morgan fingerprint density at radius 1 is 1.28 bits per heavy atom. The highest BCUT2D eigenvalue weighted by Crippen LogP contribution is 2.27. The SMILES string of the molecule is Cc1nn(-c2ccccc2)c(Cl)c1/C=N\Nc1ccc(S(N)(=O)=O)cc1[N+](=O)[O-]. The Morgan fingerprint density at radius 3 is 2.59 bits per heavy atom. The van der Waals surface area contributed by atoms with Gasteiger partial charge in [-0.3, -0.25) is 15.5 Å². The van der Waals surface area contributed by atoms with Gasteiger partial charge in [0, 0.05) is 6.07 Å². The predicted octanol–water partition coefficient (Wildman–Crippen LogP) is 2.84. The highest BCUT2D eigenvalue weighted by Gasteiger charge is 2.19. The van der Waals surface area contributed by atoms with E-state index < -0.39 is 20.6 Å². The molecule has 3 N–H and O–H groups in total. The van der Waals surface area contributed by atoms with Crippen molar-refractivity contribution in [2.45, 2.75) is 11.8 Å². The average molecular weight is 435 g/mol. The Kier molecular flexibility index (Phi) is 5.64. The minimum Gasteiger partial charge on any atom is -0.272 e. The Bertz CT molecular complexity index is 1210. The van der Waals surface area contributed by atoms with Crippen LogP contribution in [-0.2, 0) is 10.0 Å². The maximum Gasteiger partial charge on any atom is 0.295 e. The summed E-state index contributed by atoms with van der Waals surface area (Å²) < 4.78 is 24.3. The van der Waals surface area contributed by atoms with Crippen molar-refractivity contribution < 1.29 is 13.3 Å². The molecule has 0 saturated carbocycles. The van der Waals surface area contributed by atoms with Crippen molar-refractivity contribution in [3.05, 3.63) is 75.1 Å². The molecule has 0 atom stereocenters. The number of sulfonamides is 1. The largest absolute Gasteiger partial charge is 0.295 e. The number of aryl methyl sites for hydroxylation is 1. The predicted molar refractivity (Wildman–Crippen MR) is 109 cm³/mol. The van der Waals surface area contributed by atoms with Gasteiger partial charge in [0.15, 0.2) is 0 Å². The second-order valence-corrected chi connectivity index (χ2v) is 7.81. The summed E-state index contributed by atoms with van der Waals surface area (Å²) in [6.07, 6.45) is 1.38. The maximum atomic E-state index is 11.4. The van der Waals surface area contributed by atoms with Gasteiger partial charge in [0.2, 0.25) is 10.0 Å². The fraction of sp³-hybridized carbons (Fsp3) is 0.0588. The Labute approximate surface area is 170 Å². The Balaban J connectivity index is 1.89. The van der Waals surface area contributed by atoms with Gasteiger partial charge in [0.1, 0.15) is 10.8 Å². The lowest BCUT2D eigenvalue weighted by Crippen LogP contribution is -2.12. The monoisotopic (exact) mass is 434 g/mol. The van der Waals surface area contributed by atoms with Crippen LogP contribution in [0.25, 0.3) is 5.69 Å². The van der Waals surface area contributed by atoms with E-state index in [0.717, 1.165) is 17.8 Å². The van der Waals surface area contributed by atoms with Gasteiger partial charge in [-0.2, -0.15) is 10.2 Å². The third-order valence-electron chi connectivity index (χ3n) is 3.92. The molecule has 0 aliphatic carbocycles. The molecule has 3 aromatic rings. The number of nitro groups is 1. The number of nitrogens with two attached hydrogens (primary N) is 1. The second-order valence-electron chi connectivity index (χ2n) is 5.89. The lowest BCUT2D eigenvalue weighted by Gasteiger charge is -2.04. The van der Waals surface area contributed by atoms with Crippen LogP contribution in [0.1, 0.15) is 11.3 Å². The molecule has 0 unspecified atom stereocenters. The van der Waals surface area contributed by atoms with E-state index in [9.17, 15) is 18.5 Å². The number of rotatable bonds is 6. The molecule has 2 aromatic carbocycles. The van der Waals surface area contributed by atoms with Crippen molar-refractivity contribution in [3.8, 4) is 5.69 Å². The van der Waals surface area contributed by atoms with E-state index in [4.69, 9.17) is 16.7 Å². The van der Waals surface area contributed by atoms with Crippen molar-refractivity contribution in [2.75, 3.05) is 5.43 Å². The molecule has 10 nitrogen and oxygen atoms in total. The zero-order valence-corrected chi connectivity index (χ0v) is 16.6. The number of benzene rings is 2. The molecule has 3 rings (SSSR count). The summed E-state index contributed by atoms with van der Waals surface area (Å²) in [6.45, 7) is 1.75. The van der Waals surface area contributed by atoms with Crippen molar-refractivity contribution in [1.29, 1.82) is 0 Å². The van der Waals surface area contributed by atoms with Crippen LogP contribution < -0.4 is 10.6 Å². The molecule has 12 heteroatoms. The molecular weight excluding hydrogens is 420 g/mol. The molecule has 1 aromatic heterocycles. The van der Waals surface area contributed by atoms with Crippen LogP contribution in [0.15, 0.2) is 58.5 Å². The van der Waals surface area contributed by atoms with E-state index in [1.54, 1.807) is 11.6 Å². The standard InChI is InChI=1S/C17H15ClN6O4S/c1-11-14(17(18)23(22-11)12-5-3-2-4-6-12)10-20-21-15-8-7-13(29(19,27)28)9-16(15)24(25)26/h2-10,21H,1H3,(H2,19,27,28)/b20-10-. The molecule has 0 fully saturated rings. The smallest absolute Gasteiger partial charge is 0.272 e. The number of nitrogens with zero attached hydrogens (tertiary/aromatic N) is 4. The number of hydrogen-bond acceptors (Lipinski definition) is 7. The maximum absolute atomic E-state index is 11.4. The summed E-state index contributed by atoms with van der Waals surface area (Å²) in [5.41, 5.74) is 3.91. The van der Waals surface area contributed by atoms with E-state index >= 15 is 0 Å². The Hall–Kier alpha value is -3.28. The van der Waals surface area contributed by atoms with Crippen LogP contribution in [-0.4, -0.2) is 29.3 Å². The van der Waals surface area contributed by atoms with E-state index in [-0.39, 0.29) is 10.6 Å². The number of aromatic nitrogens is 2. The third kappa shape index (κ3) is 4.42. The second kappa shape index (κ2) is 7.99. The zero-order chi connectivity index (χ0) is 21.2. The number of primary sulfonamides is 1. The van der Waals surface area contributed by atoms with E-state index in [1.165, 1.54) is 12.3 Å². The van der Waals surface area contributed by atoms with Crippen molar-refractivity contribution in [2.24, 2.45) is 10.2 Å². The summed E-state index contributed by atoms with van der Waals surface area (Å²) >= 11 is 6.39. The average Bonchev–Trinajstić information content (AvgIpc) is 2.96. The molecule has 0 amide bonds. The molecule has 0 aliphatic rings. The lowest BCUT2D eigenvalue weighted by atomic mass is 10.3. The molecular formula is C17H15ClN6O4S. The fourth-order valence-corrected chi connectivity index (χ4v) is 3.35. The molecule has 0 saturated heterocycles. The number of nitrogens with one attached hydrogen (secondary N) is 1. The van der Waals surface area contributed by atoms with Gasteiger partial charge in [0.25, 0.3) is 5.69 Å². The van der Waals surface area contributed by atoms with Crippen molar-refractivity contribution in [1.82, 2.24) is 9.78 Å². The third-order valence-corrected chi connectivity index (χ3v) is 5.20. The van der Waals surface area contributed by atoms with Gasteiger partial charge >= 0.3 is 0 Å². The molecule has 0 aliphatic heterocycles. The van der Waals surface area contributed by atoms with Gasteiger partial charge in [0.05, 0.1) is 33.0 Å². The number of para-hydroxylation sites is 1. The summed E-state index contributed by atoms with van der Waals surface area (Å²) in [7, 11) is -4.07. The molecule has 29 heavy (non-hydrogen) atoms. The van der Waals surface area contributed by atoms with Crippen LogP contribution >= 0.6 is 11.6 Å². The molecule has 0 bridgehead atoms. The van der Waals surface area contributed by atoms with Gasteiger partial charge in [-0.05, 0) is 31.2 Å². The van der Waals surface area contributed by atoms with E-state index in [0.29, 0.717) is 16.4 Å². The van der Waals surface area contributed by atoms with Gasteiger partial charge in [-0.15, -0.1) is 0 Å². The van der Waals surface area contributed by atoms with Crippen LogP contribution in [0, 0.1) is 17.0 Å². The van der Waals surface area contributed by atoms with E-state index in [1.807, 2.05) is 30.3 Å². The highest BCUT2D eigenvalue weighted by atomic mass is 35.5. The number of halogens is 1. The summed E-state index contributed by atoms with van der Waals surface area (Å²) in [6, 6.07) is 12.5. The quantitative estimate of drug-likeness (QED) is 0.346. The van der Waals surface area contributed by atoms with E-state index in [2.05, 4.69) is 15.6 Å². The minimum atomic E-state index is -4.07. The van der Waals surface area contributed by atoms with Crippen LogP contribution in [0.4, 0.5) is 11.4 Å². The first kappa shape index (κ1) is 20.5. The van der Waals surface area contributed by atoms with Crippen LogP contribution in [0.2, 0.25) is 5.15 Å². The summed E-state index contributed by atoms with van der Waals surface area (Å²) in [5.74, 6) is 0. The number of nitro benzene ring substituents is 1. The normalized spacial score (nSPS) is 11.7. The molecule has 0 radical (unpaired) electrons. The molecule has 1 heterocycles. The first-order chi connectivity index (χ1) is 13.7. The zero-order valence-electron chi connectivity index (χ0n) is 15.0. The first-order valence-corrected chi connectivity index (χ1v) is 10.0. The fourth-order valence-electron chi connectivity index (χ4n) is 2.50. The summed E-state index contributed by atoms with van der Waals surface area (Å²) in [5, 5.41) is 24.9. The van der Waals surface area contributed by atoms with Crippen LogP contribution in [0.5, 0.6) is 0 Å². The van der Waals surface area contributed by atoms with Crippen molar-refractivity contribution in [3.63, 3.8) is 0 Å². The Morgan fingerprint density at radius 2 is 1.97 bits per heavy atom. The van der Waals surface area contributed by atoms with Gasteiger partial charge < -0.3 is 0 Å².